The van der Waals surface area contributed by atoms with Crippen molar-refractivity contribution in [3.63, 3.8) is 0 Å². The van der Waals surface area contributed by atoms with Gasteiger partial charge in [-0.15, -0.1) is 11.3 Å². The Bertz CT molecular complexity index is 784. The van der Waals surface area contributed by atoms with Crippen LogP contribution in [0.4, 0.5) is 0 Å². The summed E-state index contributed by atoms with van der Waals surface area (Å²) in [6.45, 7) is 2.53. The lowest BCUT2D eigenvalue weighted by Gasteiger charge is -2.40. The molecule has 2 aliphatic heterocycles. The number of ether oxygens (including phenoxy) is 1. The quantitative estimate of drug-likeness (QED) is 0.737. The van der Waals surface area contributed by atoms with Crippen molar-refractivity contribution < 1.29 is 14.6 Å². The monoisotopic (exact) mass is 386 g/mol. The first kappa shape index (κ1) is 18.6. The third-order valence-electron chi connectivity index (χ3n) is 5.52. The first-order chi connectivity index (χ1) is 13.2. The standard InChI is InChI=1S/C21H26N2O3S/c24-14-16(12-15-4-2-1-3-5-15)23-20(25)19-13-17-18(27-19)6-11-26-21(17)7-9-22-10-8-21/h1-5,13,16,22,24H,6-12,14H2,(H,23,25)/t16-/m0/s1. The molecular formula is C21H26N2O3S. The van der Waals surface area contributed by atoms with Gasteiger partial charge < -0.3 is 20.5 Å². The molecular weight excluding hydrogens is 360 g/mol. The number of piperidine rings is 1. The third kappa shape index (κ3) is 3.94. The molecule has 1 saturated heterocycles. The number of benzene rings is 1. The number of aliphatic hydroxyl groups is 1. The van der Waals surface area contributed by atoms with Crippen molar-refractivity contribution in [1.82, 2.24) is 10.6 Å². The third-order valence-corrected chi connectivity index (χ3v) is 6.72. The van der Waals surface area contributed by atoms with Gasteiger partial charge in [0, 0.05) is 11.3 Å². The molecule has 1 fully saturated rings. The Hall–Kier alpha value is -1.73. The van der Waals surface area contributed by atoms with E-state index < -0.39 is 0 Å². The number of hydrogen-bond donors (Lipinski definition) is 3. The summed E-state index contributed by atoms with van der Waals surface area (Å²) in [5, 5.41) is 16.1. The molecule has 3 N–H and O–H groups in total. The molecule has 3 heterocycles. The number of fused-ring (bicyclic) bond motifs is 2. The zero-order chi connectivity index (χ0) is 18.7. The van der Waals surface area contributed by atoms with E-state index in [2.05, 4.69) is 10.6 Å². The van der Waals surface area contributed by atoms with Crippen LogP contribution in [0.5, 0.6) is 0 Å². The molecule has 6 heteroatoms. The lowest BCUT2D eigenvalue weighted by atomic mass is 9.83. The maximum absolute atomic E-state index is 12.8. The Kier molecular flexibility index (Phi) is 5.59. The summed E-state index contributed by atoms with van der Waals surface area (Å²) in [6, 6.07) is 11.7. The Morgan fingerprint density at radius 2 is 2.07 bits per heavy atom. The summed E-state index contributed by atoms with van der Waals surface area (Å²) >= 11 is 1.58. The first-order valence-corrected chi connectivity index (χ1v) is 10.5. The minimum absolute atomic E-state index is 0.0789. The van der Waals surface area contributed by atoms with Crippen molar-refractivity contribution in [1.29, 1.82) is 0 Å². The van der Waals surface area contributed by atoms with Crippen LogP contribution in [0.25, 0.3) is 0 Å². The molecule has 27 heavy (non-hydrogen) atoms. The number of amides is 1. The summed E-state index contributed by atoms with van der Waals surface area (Å²) in [5.74, 6) is -0.103. The van der Waals surface area contributed by atoms with Crippen LogP contribution in [-0.2, 0) is 23.2 Å². The summed E-state index contributed by atoms with van der Waals surface area (Å²) in [7, 11) is 0. The molecule has 2 aromatic rings. The molecule has 1 atom stereocenters. The fourth-order valence-corrected chi connectivity index (χ4v) is 5.22. The number of carbonyl (C=O) groups is 1. The van der Waals surface area contributed by atoms with E-state index in [4.69, 9.17) is 4.74 Å². The molecule has 1 amide bonds. The van der Waals surface area contributed by atoms with Gasteiger partial charge in [0.2, 0.25) is 0 Å². The van der Waals surface area contributed by atoms with Crippen LogP contribution in [-0.4, -0.2) is 43.4 Å². The van der Waals surface area contributed by atoms with E-state index in [1.54, 1.807) is 11.3 Å². The minimum Gasteiger partial charge on any atom is -0.394 e. The highest BCUT2D eigenvalue weighted by molar-refractivity contribution is 7.14. The number of aliphatic hydroxyl groups excluding tert-OH is 1. The van der Waals surface area contributed by atoms with E-state index in [0.29, 0.717) is 6.42 Å². The van der Waals surface area contributed by atoms with Gasteiger partial charge in [-0.3, -0.25) is 4.79 Å². The van der Waals surface area contributed by atoms with Gasteiger partial charge in [0.25, 0.3) is 5.91 Å². The van der Waals surface area contributed by atoms with E-state index >= 15 is 0 Å². The first-order valence-electron chi connectivity index (χ1n) is 9.64. The summed E-state index contributed by atoms with van der Waals surface area (Å²) in [5.41, 5.74) is 2.08. The Morgan fingerprint density at radius 3 is 2.81 bits per heavy atom. The zero-order valence-electron chi connectivity index (χ0n) is 15.4. The second-order valence-corrected chi connectivity index (χ2v) is 8.47. The molecule has 1 spiro atoms. The van der Waals surface area contributed by atoms with E-state index in [1.807, 2.05) is 36.4 Å². The molecule has 1 aromatic heterocycles. The Morgan fingerprint density at radius 1 is 1.30 bits per heavy atom. The molecule has 2 aliphatic rings. The largest absolute Gasteiger partial charge is 0.394 e. The fraction of sp³-hybridized carbons (Fsp3) is 0.476. The molecule has 0 radical (unpaired) electrons. The number of thiophene rings is 1. The van der Waals surface area contributed by atoms with Gasteiger partial charge in [0.15, 0.2) is 0 Å². The smallest absolute Gasteiger partial charge is 0.261 e. The van der Waals surface area contributed by atoms with Crippen molar-refractivity contribution in [2.75, 3.05) is 26.3 Å². The molecule has 144 valence electrons. The normalized spacial score (nSPS) is 19.4. The molecule has 4 rings (SSSR count). The highest BCUT2D eigenvalue weighted by Gasteiger charge is 2.40. The van der Waals surface area contributed by atoms with Crippen molar-refractivity contribution >= 4 is 17.2 Å². The van der Waals surface area contributed by atoms with E-state index in [-0.39, 0.29) is 24.2 Å². The zero-order valence-corrected chi connectivity index (χ0v) is 16.2. The topological polar surface area (TPSA) is 70.6 Å². The van der Waals surface area contributed by atoms with Crippen LogP contribution in [0.3, 0.4) is 0 Å². The van der Waals surface area contributed by atoms with Crippen LogP contribution >= 0.6 is 11.3 Å². The average molecular weight is 387 g/mol. The molecule has 0 saturated carbocycles. The second-order valence-electron chi connectivity index (χ2n) is 7.33. The van der Waals surface area contributed by atoms with Crippen LogP contribution in [0.1, 0.15) is 38.5 Å². The second kappa shape index (κ2) is 8.10. The number of carbonyl (C=O) groups excluding carboxylic acids is 1. The summed E-state index contributed by atoms with van der Waals surface area (Å²) < 4.78 is 6.20. The van der Waals surface area contributed by atoms with Gasteiger partial charge >= 0.3 is 0 Å². The number of rotatable bonds is 5. The van der Waals surface area contributed by atoms with Crippen molar-refractivity contribution in [3.8, 4) is 0 Å². The van der Waals surface area contributed by atoms with E-state index in [1.165, 1.54) is 10.4 Å². The maximum Gasteiger partial charge on any atom is 0.261 e. The maximum atomic E-state index is 12.8. The highest BCUT2D eigenvalue weighted by atomic mass is 32.1. The highest BCUT2D eigenvalue weighted by Crippen LogP contribution is 2.43. The van der Waals surface area contributed by atoms with Crippen molar-refractivity contribution in [3.05, 3.63) is 57.3 Å². The van der Waals surface area contributed by atoms with Crippen LogP contribution in [0, 0.1) is 0 Å². The van der Waals surface area contributed by atoms with Crippen molar-refractivity contribution in [2.24, 2.45) is 0 Å². The van der Waals surface area contributed by atoms with Gasteiger partial charge in [-0.1, -0.05) is 30.3 Å². The molecule has 5 nitrogen and oxygen atoms in total. The van der Waals surface area contributed by atoms with Gasteiger partial charge in [-0.05, 0) is 49.5 Å². The van der Waals surface area contributed by atoms with Gasteiger partial charge in [0.05, 0.1) is 29.7 Å². The van der Waals surface area contributed by atoms with E-state index in [9.17, 15) is 9.90 Å². The van der Waals surface area contributed by atoms with Gasteiger partial charge in [-0.25, -0.2) is 0 Å². The minimum atomic E-state index is -0.289. The van der Waals surface area contributed by atoms with Gasteiger partial charge in [0.1, 0.15) is 0 Å². The van der Waals surface area contributed by atoms with Gasteiger partial charge in [-0.2, -0.15) is 0 Å². The SMILES string of the molecule is O=C(N[C@H](CO)Cc1ccccc1)c1cc2c(s1)CCOC21CCNCC1. The van der Waals surface area contributed by atoms with Crippen LogP contribution in [0.15, 0.2) is 36.4 Å². The number of nitrogens with one attached hydrogen (secondary N) is 2. The Labute approximate surface area is 163 Å². The lowest BCUT2D eigenvalue weighted by molar-refractivity contribution is -0.0792. The molecule has 0 bridgehead atoms. The molecule has 1 aromatic carbocycles. The molecule has 0 unspecified atom stereocenters. The fourth-order valence-electron chi connectivity index (χ4n) is 4.09. The predicted octanol–water partition coefficient (Wildman–Crippen LogP) is 2.23. The van der Waals surface area contributed by atoms with E-state index in [0.717, 1.165) is 49.4 Å². The van der Waals surface area contributed by atoms with Crippen LogP contribution in [0.2, 0.25) is 0 Å². The number of hydrogen-bond acceptors (Lipinski definition) is 5. The molecule has 0 aliphatic carbocycles. The van der Waals surface area contributed by atoms with Crippen LogP contribution < -0.4 is 10.6 Å². The lowest BCUT2D eigenvalue weighted by Crippen LogP contribution is -2.44. The Balaban J connectivity index is 1.49. The summed E-state index contributed by atoms with van der Waals surface area (Å²) in [6.07, 6.45) is 3.39. The predicted molar refractivity (Wildman–Crippen MR) is 106 cm³/mol. The average Bonchev–Trinajstić information content (AvgIpc) is 3.15. The summed E-state index contributed by atoms with van der Waals surface area (Å²) in [4.78, 5) is 14.8. The van der Waals surface area contributed by atoms with Crippen molar-refractivity contribution in [2.45, 2.75) is 37.3 Å².